The summed E-state index contributed by atoms with van der Waals surface area (Å²) >= 11 is 1.42. The van der Waals surface area contributed by atoms with Gasteiger partial charge in [-0.2, -0.15) is 9.71 Å². The monoisotopic (exact) mass is 434 g/mol. The molecule has 2 N–H and O–H groups in total. The first kappa shape index (κ1) is 21.2. The van der Waals surface area contributed by atoms with E-state index in [-0.39, 0.29) is 4.90 Å². The number of amides is 1. The number of hydrogen-bond donors (Lipinski definition) is 2. The first-order chi connectivity index (χ1) is 13.7. The second-order valence-corrected chi connectivity index (χ2v) is 9.56. The molecule has 3 rings (SSSR count). The minimum Gasteiger partial charge on any atom is -0.339 e. The zero-order valence-corrected chi connectivity index (χ0v) is 18.1. The van der Waals surface area contributed by atoms with E-state index in [0.29, 0.717) is 23.8 Å². The Morgan fingerprint density at radius 1 is 1.24 bits per heavy atom. The zero-order valence-electron chi connectivity index (χ0n) is 16.5. The molecule has 2 aromatic heterocycles. The van der Waals surface area contributed by atoms with Crippen LogP contribution in [-0.4, -0.2) is 30.5 Å². The van der Waals surface area contributed by atoms with Crippen LogP contribution in [0.15, 0.2) is 39.8 Å². The summed E-state index contributed by atoms with van der Waals surface area (Å²) in [5.74, 6) is 0.537. The van der Waals surface area contributed by atoms with Gasteiger partial charge >= 0.3 is 0 Å². The van der Waals surface area contributed by atoms with Crippen molar-refractivity contribution in [2.24, 2.45) is 0 Å². The second-order valence-electron chi connectivity index (χ2n) is 6.59. The lowest BCUT2D eigenvalue weighted by molar-refractivity contribution is -0.117. The smallest absolute Gasteiger partial charge is 0.242 e. The molecule has 1 atom stereocenters. The van der Waals surface area contributed by atoms with Gasteiger partial charge in [-0.15, -0.1) is 11.3 Å². The summed E-state index contributed by atoms with van der Waals surface area (Å²) in [7, 11) is -3.80. The van der Waals surface area contributed by atoms with E-state index in [2.05, 4.69) is 20.2 Å². The molecule has 8 nitrogen and oxygen atoms in total. The summed E-state index contributed by atoms with van der Waals surface area (Å²) < 4.78 is 32.5. The molecular formula is C19H22N4O4S2. The highest BCUT2D eigenvalue weighted by atomic mass is 32.2. The number of aryl methyl sites for hydroxylation is 3. The summed E-state index contributed by atoms with van der Waals surface area (Å²) in [6.45, 7) is 7.14. The van der Waals surface area contributed by atoms with Crippen LogP contribution in [0, 0.1) is 13.8 Å². The minimum atomic E-state index is -3.80. The van der Waals surface area contributed by atoms with Gasteiger partial charge in [0.1, 0.15) is 0 Å². The van der Waals surface area contributed by atoms with Crippen LogP contribution in [0.1, 0.15) is 30.2 Å². The number of nitrogens with one attached hydrogen (secondary N) is 2. The predicted molar refractivity (Wildman–Crippen MR) is 111 cm³/mol. The van der Waals surface area contributed by atoms with Gasteiger partial charge in [0, 0.05) is 11.3 Å². The van der Waals surface area contributed by atoms with Crippen LogP contribution in [0.4, 0.5) is 5.69 Å². The number of thiophene rings is 1. The van der Waals surface area contributed by atoms with Gasteiger partial charge < -0.3 is 9.84 Å². The van der Waals surface area contributed by atoms with Gasteiger partial charge in [-0.1, -0.05) is 29.8 Å². The Bertz CT molecular complexity index is 1120. The molecule has 1 unspecified atom stereocenters. The third-order valence-corrected chi connectivity index (χ3v) is 6.83. The molecule has 3 aromatic rings. The summed E-state index contributed by atoms with van der Waals surface area (Å²) in [5.41, 5.74) is 1.53. The largest absolute Gasteiger partial charge is 0.339 e. The maximum absolute atomic E-state index is 12.5. The van der Waals surface area contributed by atoms with Crippen LogP contribution in [0.25, 0.3) is 10.7 Å². The Kier molecular flexibility index (Phi) is 6.15. The first-order valence-corrected chi connectivity index (χ1v) is 11.3. The van der Waals surface area contributed by atoms with Crippen molar-refractivity contribution in [1.82, 2.24) is 14.9 Å². The van der Waals surface area contributed by atoms with Crippen LogP contribution in [0.2, 0.25) is 0 Å². The molecule has 0 radical (unpaired) electrons. The SMILES string of the molecule is CCc1nc(-c2cc(NC(=O)C(C)NS(=O)(=O)c3ccc(C)cc3)c(C)s2)no1. The number of hydrogen-bond acceptors (Lipinski definition) is 7. The molecule has 0 bridgehead atoms. The van der Waals surface area contributed by atoms with E-state index >= 15 is 0 Å². The van der Waals surface area contributed by atoms with E-state index < -0.39 is 22.0 Å². The second kappa shape index (κ2) is 8.44. The van der Waals surface area contributed by atoms with E-state index in [0.717, 1.165) is 15.3 Å². The molecule has 10 heteroatoms. The number of carbonyl (C=O) groups is 1. The normalized spacial score (nSPS) is 12.7. The van der Waals surface area contributed by atoms with Gasteiger partial charge in [-0.05, 0) is 39.0 Å². The van der Waals surface area contributed by atoms with Gasteiger partial charge in [0.25, 0.3) is 0 Å². The number of sulfonamides is 1. The first-order valence-electron chi connectivity index (χ1n) is 9.03. The Morgan fingerprint density at radius 3 is 2.55 bits per heavy atom. The quantitative estimate of drug-likeness (QED) is 0.590. The molecule has 0 saturated carbocycles. The van der Waals surface area contributed by atoms with Crippen molar-refractivity contribution < 1.29 is 17.7 Å². The van der Waals surface area contributed by atoms with Gasteiger partial charge in [-0.25, -0.2) is 8.42 Å². The van der Waals surface area contributed by atoms with Crippen molar-refractivity contribution in [1.29, 1.82) is 0 Å². The van der Waals surface area contributed by atoms with Crippen molar-refractivity contribution in [2.45, 2.75) is 45.1 Å². The Labute approximate surface area is 173 Å². The lowest BCUT2D eigenvalue weighted by atomic mass is 10.2. The maximum atomic E-state index is 12.5. The summed E-state index contributed by atoms with van der Waals surface area (Å²) in [6, 6.07) is 7.22. The molecule has 1 amide bonds. The standard InChI is InChI=1S/C19H22N4O4S2/c1-5-17-21-18(22-27-17)16-10-15(13(4)28-16)20-19(24)12(3)23-29(25,26)14-8-6-11(2)7-9-14/h6-10,12,23H,5H2,1-4H3,(H,20,24). The van der Waals surface area contributed by atoms with Crippen LogP contribution < -0.4 is 10.0 Å². The van der Waals surface area contributed by atoms with Crippen molar-refractivity contribution in [3.05, 3.63) is 46.7 Å². The fraction of sp³-hybridized carbons (Fsp3) is 0.316. The van der Waals surface area contributed by atoms with Gasteiger partial charge in [0.2, 0.25) is 27.6 Å². The van der Waals surface area contributed by atoms with Gasteiger partial charge in [0.15, 0.2) is 0 Å². The Balaban J connectivity index is 1.70. The highest BCUT2D eigenvalue weighted by molar-refractivity contribution is 7.89. The molecule has 0 aliphatic rings. The lowest BCUT2D eigenvalue weighted by Gasteiger charge is -2.14. The summed E-state index contributed by atoms with van der Waals surface area (Å²) in [6.07, 6.45) is 0.638. The van der Waals surface area contributed by atoms with Crippen LogP contribution in [0.5, 0.6) is 0 Å². The van der Waals surface area contributed by atoms with Gasteiger partial charge in [0.05, 0.1) is 21.5 Å². The molecule has 154 valence electrons. The molecule has 0 fully saturated rings. The molecule has 1 aromatic carbocycles. The van der Waals surface area contributed by atoms with Crippen molar-refractivity contribution in [2.75, 3.05) is 5.32 Å². The van der Waals surface area contributed by atoms with E-state index in [1.807, 2.05) is 20.8 Å². The number of anilines is 1. The van der Waals surface area contributed by atoms with Crippen LogP contribution >= 0.6 is 11.3 Å². The Morgan fingerprint density at radius 2 is 1.93 bits per heavy atom. The van der Waals surface area contributed by atoms with Crippen LogP contribution in [-0.2, 0) is 21.2 Å². The molecule has 2 heterocycles. The third kappa shape index (κ3) is 4.89. The highest BCUT2D eigenvalue weighted by Crippen LogP contribution is 2.32. The fourth-order valence-corrected chi connectivity index (χ4v) is 4.63. The molecule has 29 heavy (non-hydrogen) atoms. The van der Waals surface area contributed by atoms with E-state index in [9.17, 15) is 13.2 Å². The molecule has 0 aliphatic carbocycles. The summed E-state index contributed by atoms with van der Waals surface area (Å²) in [4.78, 5) is 18.5. The molecule has 0 aliphatic heterocycles. The van der Waals surface area contributed by atoms with Crippen LogP contribution in [0.3, 0.4) is 0 Å². The fourth-order valence-electron chi connectivity index (χ4n) is 2.53. The van der Waals surface area contributed by atoms with E-state index in [4.69, 9.17) is 4.52 Å². The topological polar surface area (TPSA) is 114 Å². The Hall–Kier alpha value is -2.56. The van der Waals surface area contributed by atoms with Crippen molar-refractivity contribution >= 4 is 33.0 Å². The average Bonchev–Trinajstić information content (AvgIpc) is 3.28. The van der Waals surface area contributed by atoms with Crippen molar-refractivity contribution in [3.8, 4) is 10.7 Å². The lowest BCUT2D eigenvalue weighted by Crippen LogP contribution is -2.41. The summed E-state index contributed by atoms with van der Waals surface area (Å²) in [5, 5.41) is 6.70. The molecular weight excluding hydrogens is 412 g/mol. The van der Waals surface area contributed by atoms with Gasteiger partial charge in [-0.3, -0.25) is 4.79 Å². The number of carbonyl (C=O) groups excluding carboxylic acids is 1. The minimum absolute atomic E-state index is 0.112. The van der Waals surface area contributed by atoms with E-state index in [1.165, 1.54) is 30.4 Å². The molecule has 0 saturated heterocycles. The molecule has 0 spiro atoms. The van der Waals surface area contributed by atoms with Crippen molar-refractivity contribution in [3.63, 3.8) is 0 Å². The number of nitrogens with zero attached hydrogens (tertiary/aromatic N) is 2. The maximum Gasteiger partial charge on any atom is 0.242 e. The highest BCUT2D eigenvalue weighted by Gasteiger charge is 2.23. The number of benzene rings is 1. The predicted octanol–water partition coefficient (Wildman–Crippen LogP) is 3.28. The average molecular weight is 435 g/mol. The number of aromatic nitrogens is 2. The van der Waals surface area contributed by atoms with E-state index in [1.54, 1.807) is 18.2 Å². The number of rotatable bonds is 7. The third-order valence-electron chi connectivity index (χ3n) is 4.22. The zero-order chi connectivity index (χ0) is 21.2.